The molecule has 0 aliphatic heterocycles. The number of hydrogen-bond acceptors (Lipinski definition) is 1. The number of halogens is 2. The van der Waals surface area contributed by atoms with Gasteiger partial charge in [0.25, 0.3) is 0 Å². The third kappa shape index (κ3) is 3.49. The summed E-state index contributed by atoms with van der Waals surface area (Å²) in [6.45, 7) is 2.15. The molecule has 1 rings (SSSR count). The molecule has 1 atom stereocenters. The third-order valence-corrected chi connectivity index (χ3v) is 3.54. The van der Waals surface area contributed by atoms with Crippen molar-refractivity contribution < 1.29 is 9.13 Å². The van der Waals surface area contributed by atoms with Crippen molar-refractivity contribution in [2.45, 2.75) is 19.8 Å². The smallest absolute Gasteiger partial charge is 0.168 e. The van der Waals surface area contributed by atoms with Gasteiger partial charge < -0.3 is 4.74 Å². The Labute approximate surface area is 98.8 Å². The summed E-state index contributed by atoms with van der Waals surface area (Å²) >= 11 is 3.42. The van der Waals surface area contributed by atoms with E-state index in [4.69, 9.17) is 4.74 Å². The van der Waals surface area contributed by atoms with Crippen LogP contribution in [0.4, 0.5) is 4.39 Å². The van der Waals surface area contributed by atoms with E-state index >= 15 is 0 Å². The number of hydrogen-bond donors (Lipinski definition) is 0. The molecule has 0 heterocycles. The maximum Gasteiger partial charge on any atom is 0.168 e. The first-order valence-electron chi connectivity index (χ1n) is 5.06. The molecule has 84 valence electrons. The van der Waals surface area contributed by atoms with Gasteiger partial charge in [-0.2, -0.15) is 0 Å². The predicted molar refractivity (Wildman–Crippen MR) is 64.2 cm³/mol. The van der Waals surface area contributed by atoms with E-state index in [-0.39, 0.29) is 5.82 Å². The van der Waals surface area contributed by atoms with Crippen molar-refractivity contribution in [2.75, 3.05) is 12.4 Å². The van der Waals surface area contributed by atoms with E-state index in [1.54, 1.807) is 6.07 Å². The Morgan fingerprint density at radius 1 is 1.47 bits per heavy atom. The maximum absolute atomic E-state index is 13.7. The summed E-state index contributed by atoms with van der Waals surface area (Å²) in [5.74, 6) is 0.677. The van der Waals surface area contributed by atoms with Gasteiger partial charge in [-0.05, 0) is 30.4 Å². The lowest BCUT2D eigenvalue weighted by Crippen LogP contribution is -2.01. The minimum Gasteiger partial charge on any atom is -0.494 e. The average Bonchev–Trinajstić information content (AvgIpc) is 2.27. The first-order valence-corrected chi connectivity index (χ1v) is 6.18. The van der Waals surface area contributed by atoms with Crippen LogP contribution >= 0.6 is 15.9 Å². The van der Waals surface area contributed by atoms with Crippen molar-refractivity contribution in [2.24, 2.45) is 5.92 Å². The van der Waals surface area contributed by atoms with E-state index in [9.17, 15) is 4.39 Å². The number of alkyl halides is 1. The number of rotatable bonds is 5. The van der Waals surface area contributed by atoms with Gasteiger partial charge in [0.05, 0.1) is 7.11 Å². The Kier molecular flexibility index (Phi) is 5.09. The summed E-state index contributed by atoms with van der Waals surface area (Å²) in [6.07, 6.45) is 1.74. The van der Waals surface area contributed by atoms with Crippen molar-refractivity contribution in [1.82, 2.24) is 0 Å². The second-order valence-electron chi connectivity index (χ2n) is 3.73. The summed E-state index contributed by atoms with van der Waals surface area (Å²) in [7, 11) is 1.49. The van der Waals surface area contributed by atoms with Gasteiger partial charge in [0.15, 0.2) is 11.6 Å². The molecule has 15 heavy (non-hydrogen) atoms. The largest absolute Gasteiger partial charge is 0.494 e. The molecule has 3 heteroatoms. The molecule has 1 aromatic carbocycles. The predicted octanol–water partition coefficient (Wildman–Crippen LogP) is 3.80. The number of ether oxygens (including phenoxy) is 1. The van der Waals surface area contributed by atoms with E-state index in [2.05, 4.69) is 22.9 Å². The van der Waals surface area contributed by atoms with Gasteiger partial charge in [-0.15, -0.1) is 0 Å². The van der Waals surface area contributed by atoms with Crippen molar-refractivity contribution in [1.29, 1.82) is 0 Å². The van der Waals surface area contributed by atoms with E-state index in [0.717, 1.165) is 23.7 Å². The summed E-state index contributed by atoms with van der Waals surface area (Å²) in [5, 5.41) is 0.957. The molecule has 1 unspecified atom stereocenters. The fraction of sp³-hybridized carbons (Fsp3) is 0.500. The Morgan fingerprint density at radius 2 is 2.20 bits per heavy atom. The normalized spacial score (nSPS) is 12.5. The van der Waals surface area contributed by atoms with Crippen molar-refractivity contribution in [3.05, 3.63) is 29.6 Å². The molecule has 0 N–H and O–H groups in total. The lowest BCUT2D eigenvalue weighted by Gasteiger charge is -2.09. The Hall–Kier alpha value is -0.570. The van der Waals surface area contributed by atoms with Gasteiger partial charge >= 0.3 is 0 Å². The molecule has 0 aromatic heterocycles. The van der Waals surface area contributed by atoms with Crippen LogP contribution in [0.15, 0.2) is 18.2 Å². The maximum atomic E-state index is 13.7. The van der Waals surface area contributed by atoms with Crippen LogP contribution in [0.25, 0.3) is 0 Å². The van der Waals surface area contributed by atoms with Crippen LogP contribution < -0.4 is 4.74 Å². The van der Waals surface area contributed by atoms with Crippen molar-refractivity contribution in [3.63, 3.8) is 0 Å². The van der Waals surface area contributed by atoms with E-state index in [0.29, 0.717) is 11.7 Å². The summed E-state index contributed by atoms with van der Waals surface area (Å²) in [4.78, 5) is 0. The second-order valence-corrected chi connectivity index (χ2v) is 4.38. The van der Waals surface area contributed by atoms with Crippen LogP contribution in [0.5, 0.6) is 5.75 Å². The molecular weight excluding hydrogens is 259 g/mol. The minimum absolute atomic E-state index is 0.221. The molecule has 0 bridgehead atoms. The molecule has 0 saturated heterocycles. The highest BCUT2D eigenvalue weighted by atomic mass is 79.9. The Balaban J connectivity index is 2.68. The first kappa shape index (κ1) is 12.5. The first-order chi connectivity index (χ1) is 7.19. The SMILES string of the molecule is COc1cccc(CCC(C)CBr)c1F. The average molecular weight is 275 g/mol. The van der Waals surface area contributed by atoms with E-state index in [1.165, 1.54) is 7.11 Å². The molecule has 0 fully saturated rings. The molecule has 0 amide bonds. The van der Waals surface area contributed by atoms with Gasteiger partial charge in [0.1, 0.15) is 0 Å². The van der Waals surface area contributed by atoms with Gasteiger partial charge in [-0.25, -0.2) is 4.39 Å². The summed E-state index contributed by atoms with van der Waals surface area (Å²) in [6, 6.07) is 5.29. The quantitative estimate of drug-likeness (QED) is 0.743. The monoisotopic (exact) mass is 274 g/mol. The lowest BCUT2D eigenvalue weighted by molar-refractivity contribution is 0.383. The van der Waals surface area contributed by atoms with Crippen LogP contribution in [0.1, 0.15) is 18.9 Å². The second kappa shape index (κ2) is 6.11. The van der Waals surface area contributed by atoms with Crippen LogP contribution in [0.2, 0.25) is 0 Å². The number of methoxy groups -OCH3 is 1. The molecule has 1 aromatic rings. The zero-order chi connectivity index (χ0) is 11.3. The van der Waals surface area contributed by atoms with Crippen LogP contribution in [-0.2, 0) is 6.42 Å². The molecule has 1 nitrogen and oxygen atoms in total. The van der Waals surface area contributed by atoms with Crippen LogP contribution in [0, 0.1) is 11.7 Å². The van der Waals surface area contributed by atoms with E-state index < -0.39 is 0 Å². The highest BCUT2D eigenvalue weighted by molar-refractivity contribution is 9.09. The Morgan fingerprint density at radius 3 is 2.80 bits per heavy atom. The van der Waals surface area contributed by atoms with Gasteiger partial charge in [-0.3, -0.25) is 0 Å². The third-order valence-electron chi connectivity index (χ3n) is 2.43. The number of aryl methyl sites for hydroxylation is 1. The van der Waals surface area contributed by atoms with E-state index in [1.807, 2.05) is 12.1 Å². The number of benzene rings is 1. The fourth-order valence-electron chi connectivity index (χ4n) is 1.39. The van der Waals surface area contributed by atoms with Crippen LogP contribution in [-0.4, -0.2) is 12.4 Å². The molecule has 0 radical (unpaired) electrons. The van der Waals surface area contributed by atoms with Gasteiger partial charge in [0.2, 0.25) is 0 Å². The van der Waals surface area contributed by atoms with Crippen molar-refractivity contribution >= 4 is 15.9 Å². The van der Waals surface area contributed by atoms with Crippen LogP contribution in [0.3, 0.4) is 0 Å². The zero-order valence-corrected chi connectivity index (χ0v) is 10.7. The van der Waals surface area contributed by atoms with Gasteiger partial charge in [0, 0.05) is 5.33 Å². The fourth-order valence-corrected chi connectivity index (χ4v) is 1.71. The summed E-state index contributed by atoms with van der Waals surface area (Å²) < 4.78 is 18.6. The molecule has 0 aliphatic carbocycles. The molecule has 0 saturated carbocycles. The minimum atomic E-state index is -0.221. The topological polar surface area (TPSA) is 9.23 Å². The standard InChI is InChI=1S/C12H16BrFO/c1-9(8-13)6-7-10-4-3-5-11(15-2)12(10)14/h3-5,9H,6-8H2,1-2H3. The van der Waals surface area contributed by atoms with Crippen molar-refractivity contribution in [3.8, 4) is 5.75 Å². The Bertz CT molecular complexity index is 314. The highest BCUT2D eigenvalue weighted by Gasteiger charge is 2.09. The highest BCUT2D eigenvalue weighted by Crippen LogP contribution is 2.22. The molecule has 0 spiro atoms. The zero-order valence-electron chi connectivity index (χ0n) is 9.09. The van der Waals surface area contributed by atoms with Gasteiger partial charge in [-0.1, -0.05) is 35.0 Å². The lowest BCUT2D eigenvalue weighted by atomic mass is 10.0. The molecular formula is C12H16BrFO. The summed E-state index contributed by atoms with van der Waals surface area (Å²) in [5.41, 5.74) is 0.738. The molecule has 0 aliphatic rings.